The molecule has 1 heteroatoms. The molecule has 124 valence electrons. The number of nitrogens with one attached hydrogen (secondary N) is 1. The van der Waals surface area contributed by atoms with Crippen LogP contribution in [0.4, 0.5) is 5.69 Å². The largest absolute Gasteiger partial charge is 0.378 e. The molecule has 1 nitrogen and oxygen atoms in total. The van der Waals surface area contributed by atoms with Gasteiger partial charge in [0.05, 0.1) is 6.04 Å². The van der Waals surface area contributed by atoms with Crippen molar-refractivity contribution in [1.82, 2.24) is 0 Å². The second-order valence-corrected chi connectivity index (χ2v) is 7.59. The van der Waals surface area contributed by atoms with E-state index in [-0.39, 0.29) is 0 Å². The topological polar surface area (TPSA) is 12.0 Å². The van der Waals surface area contributed by atoms with Crippen molar-refractivity contribution in [3.8, 4) is 0 Å². The van der Waals surface area contributed by atoms with Crippen molar-refractivity contribution in [1.29, 1.82) is 0 Å². The molecule has 0 spiro atoms. The first kappa shape index (κ1) is 14.8. The Morgan fingerprint density at radius 3 is 2.72 bits per heavy atom. The summed E-state index contributed by atoms with van der Waals surface area (Å²) in [4.78, 5) is 0. The van der Waals surface area contributed by atoms with Gasteiger partial charge in [-0.15, -0.1) is 0 Å². The molecule has 1 heterocycles. The molecule has 0 saturated heterocycles. The summed E-state index contributed by atoms with van der Waals surface area (Å²) in [6.07, 6.45) is 5.96. The molecule has 0 fully saturated rings. The van der Waals surface area contributed by atoms with Gasteiger partial charge in [-0.1, -0.05) is 60.7 Å². The Hall–Kier alpha value is -2.54. The number of benzene rings is 3. The molecule has 1 N–H and O–H groups in total. The van der Waals surface area contributed by atoms with E-state index in [2.05, 4.69) is 85.9 Å². The number of hydrogen-bond donors (Lipinski definition) is 1. The summed E-state index contributed by atoms with van der Waals surface area (Å²) in [5, 5.41) is 6.62. The molecule has 5 rings (SSSR count). The molecule has 3 atom stereocenters. The van der Waals surface area contributed by atoms with Gasteiger partial charge in [0.1, 0.15) is 0 Å². The standard InChI is InChI=1S/C24H23N/c1-15-13-16(2)23-19-10-6-12-21(19)24(25-22(23)14-15)20-11-5-8-17-7-3-4-9-18(17)20/h3-11,13-14,19,21,24-25H,12H2,1-2H3. The molecule has 0 bridgehead atoms. The molecule has 1 aliphatic heterocycles. The van der Waals surface area contributed by atoms with Crippen molar-refractivity contribution in [2.24, 2.45) is 5.92 Å². The molecule has 0 radical (unpaired) electrons. The molecule has 3 aromatic rings. The molecule has 0 amide bonds. The number of anilines is 1. The minimum absolute atomic E-state index is 0.361. The molecule has 3 unspecified atom stereocenters. The summed E-state index contributed by atoms with van der Waals surface area (Å²) in [5.41, 5.74) is 7.01. The van der Waals surface area contributed by atoms with Gasteiger partial charge in [-0.2, -0.15) is 0 Å². The van der Waals surface area contributed by atoms with Crippen LogP contribution in [0.5, 0.6) is 0 Å². The van der Waals surface area contributed by atoms with Crippen molar-refractivity contribution in [2.75, 3.05) is 5.32 Å². The monoisotopic (exact) mass is 325 g/mol. The van der Waals surface area contributed by atoms with Gasteiger partial charge >= 0.3 is 0 Å². The van der Waals surface area contributed by atoms with Gasteiger partial charge in [-0.05, 0) is 65.3 Å². The van der Waals surface area contributed by atoms with Gasteiger partial charge in [-0.3, -0.25) is 0 Å². The highest BCUT2D eigenvalue weighted by atomic mass is 15.0. The Labute approximate surface area is 149 Å². The zero-order valence-electron chi connectivity index (χ0n) is 14.8. The molecular weight excluding hydrogens is 302 g/mol. The highest BCUT2D eigenvalue weighted by molar-refractivity contribution is 5.86. The van der Waals surface area contributed by atoms with Crippen molar-refractivity contribution in [3.05, 3.63) is 89.0 Å². The zero-order chi connectivity index (χ0) is 17.0. The van der Waals surface area contributed by atoms with Crippen LogP contribution in [0.2, 0.25) is 0 Å². The van der Waals surface area contributed by atoms with Gasteiger partial charge in [0, 0.05) is 11.6 Å². The molecule has 0 aromatic heterocycles. The summed E-state index contributed by atoms with van der Waals surface area (Å²) in [7, 11) is 0. The van der Waals surface area contributed by atoms with Crippen LogP contribution in [0.15, 0.2) is 66.7 Å². The van der Waals surface area contributed by atoms with E-state index in [0.717, 1.165) is 6.42 Å². The first-order chi connectivity index (χ1) is 12.2. The van der Waals surface area contributed by atoms with Gasteiger partial charge in [-0.25, -0.2) is 0 Å². The molecular formula is C24H23N. The Morgan fingerprint density at radius 2 is 1.80 bits per heavy atom. The van der Waals surface area contributed by atoms with E-state index in [1.165, 1.54) is 38.7 Å². The summed E-state index contributed by atoms with van der Waals surface area (Å²) < 4.78 is 0. The third-order valence-electron chi connectivity index (χ3n) is 5.98. The lowest BCUT2D eigenvalue weighted by molar-refractivity contribution is 0.426. The lowest BCUT2D eigenvalue weighted by atomic mass is 9.74. The van der Waals surface area contributed by atoms with Gasteiger partial charge in [0.2, 0.25) is 0 Å². The van der Waals surface area contributed by atoms with Crippen LogP contribution in [0, 0.1) is 19.8 Å². The average Bonchev–Trinajstić information content (AvgIpc) is 3.09. The Morgan fingerprint density at radius 1 is 0.960 bits per heavy atom. The average molecular weight is 325 g/mol. The van der Waals surface area contributed by atoms with Crippen LogP contribution >= 0.6 is 0 Å². The van der Waals surface area contributed by atoms with E-state index in [4.69, 9.17) is 0 Å². The van der Waals surface area contributed by atoms with Crippen molar-refractivity contribution in [3.63, 3.8) is 0 Å². The Bertz CT molecular complexity index is 993. The van der Waals surface area contributed by atoms with Crippen molar-refractivity contribution >= 4 is 16.5 Å². The molecule has 0 saturated carbocycles. The molecule has 2 aliphatic rings. The molecule has 25 heavy (non-hydrogen) atoms. The number of aryl methyl sites for hydroxylation is 2. The highest BCUT2D eigenvalue weighted by Gasteiger charge is 2.39. The Balaban J connectivity index is 1.70. The van der Waals surface area contributed by atoms with E-state index >= 15 is 0 Å². The van der Waals surface area contributed by atoms with Crippen LogP contribution in [0.1, 0.15) is 40.6 Å². The normalized spacial score (nSPS) is 24.0. The minimum Gasteiger partial charge on any atom is -0.378 e. The van der Waals surface area contributed by atoms with Crippen LogP contribution in [-0.2, 0) is 0 Å². The van der Waals surface area contributed by atoms with E-state index in [9.17, 15) is 0 Å². The quantitative estimate of drug-likeness (QED) is 0.519. The van der Waals surface area contributed by atoms with Crippen LogP contribution in [-0.4, -0.2) is 0 Å². The van der Waals surface area contributed by atoms with Gasteiger partial charge in [0.15, 0.2) is 0 Å². The third kappa shape index (κ3) is 2.22. The zero-order valence-corrected chi connectivity index (χ0v) is 14.8. The molecule has 3 aromatic carbocycles. The van der Waals surface area contributed by atoms with Crippen molar-refractivity contribution in [2.45, 2.75) is 32.2 Å². The van der Waals surface area contributed by atoms with E-state index < -0.39 is 0 Å². The van der Waals surface area contributed by atoms with Crippen molar-refractivity contribution < 1.29 is 0 Å². The maximum Gasteiger partial charge on any atom is 0.0560 e. The smallest absolute Gasteiger partial charge is 0.0560 e. The van der Waals surface area contributed by atoms with E-state index in [1.54, 1.807) is 0 Å². The predicted molar refractivity (Wildman–Crippen MR) is 106 cm³/mol. The summed E-state index contributed by atoms with van der Waals surface area (Å²) in [6.45, 7) is 4.45. The second-order valence-electron chi connectivity index (χ2n) is 7.59. The first-order valence-corrected chi connectivity index (χ1v) is 9.24. The van der Waals surface area contributed by atoms with Crippen LogP contribution in [0.3, 0.4) is 0 Å². The fourth-order valence-corrected chi connectivity index (χ4v) is 4.97. The first-order valence-electron chi connectivity index (χ1n) is 9.24. The van der Waals surface area contributed by atoms with Crippen LogP contribution < -0.4 is 5.32 Å². The summed E-state index contributed by atoms with van der Waals surface area (Å²) in [6, 6.07) is 20.5. The maximum atomic E-state index is 3.92. The minimum atomic E-state index is 0.361. The van der Waals surface area contributed by atoms with Gasteiger partial charge in [0.25, 0.3) is 0 Å². The number of fused-ring (bicyclic) bond motifs is 4. The number of rotatable bonds is 1. The van der Waals surface area contributed by atoms with E-state index in [0.29, 0.717) is 17.9 Å². The summed E-state index contributed by atoms with van der Waals surface area (Å²) in [5.74, 6) is 1.13. The fourth-order valence-electron chi connectivity index (χ4n) is 4.97. The number of hydrogen-bond acceptors (Lipinski definition) is 1. The Kier molecular flexibility index (Phi) is 3.24. The lowest BCUT2D eigenvalue weighted by Crippen LogP contribution is -2.29. The maximum absolute atomic E-state index is 3.92. The van der Waals surface area contributed by atoms with Gasteiger partial charge < -0.3 is 5.32 Å². The SMILES string of the molecule is Cc1cc(C)c2c(c1)NC(c1cccc3ccccc13)C1CC=CC21. The van der Waals surface area contributed by atoms with Crippen LogP contribution in [0.25, 0.3) is 10.8 Å². The number of allylic oxidation sites excluding steroid dienone is 2. The fraction of sp³-hybridized carbons (Fsp3) is 0.250. The predicted octanol–water partition coefficient (Wildman–Crippen LogP) is 6.28. The highest BCUT2D eigenvalue weighted by Crippen LogP contribution is 2.51. The third-order valence-corrected chi connectivity index (χ3v) is 5.98. The second kappa shape index (κ2) is 5.49. The lowest BCUT2D eigenvalue weighted by Gasteiger charge is -2.39. The molecule has 1 aliphatic carbocycles. The van der Waals surface area contributed by atoms with E-state index in [1.807, 2.05) is 0 Å². The summed E-state index contributed by atoms with van der Waals surface area (Å²) >= 11 is 0.